The van der Waals surface area contributed by atoms with Gasteiger partial charge in [-0.3, -0.25) is 11.3 Å². The monoisotopic (exact) mass is 240 g/mol. The van der Waals surface area contributed by atoms with E-state index in [2.05, 4.69) is 21.9 Å². The molecule has 0 spiro atoms. The highest BCUT2D eigenvalue weighted by atomic mass is 32.1. The first kappa shape index (κ1) is 12.0. The molecule has 0 radical (unpaired) electrons. The minimum absolute atomic E-state index is 0.245. The van der Waals surface area contributed by atoms with Crippen molar-refractivity contribution in [3.8, 4) is 0 Å². The number of aromatic nitrogens is 2. The minimum atomic E-state index is 0.245. The normalized spacial score (nSPS) is 27.9. The van der Waals surface area contributed by atoms with E-state index in [4.69, 9.17) is 5.84 Å². The highest BCUT2D eigenvalue weighted by Crippen LogP contribution is 2.38. The highest BCUT2D eigenvalue weighted by molar-refractivity contribution is 7.05. The summed E-state index contributed by atoms with van der Waals surface area (Å²) in [4.78, 5) is 1.17. The van der Waals surface area contributed by atoms with Gasteiger partial charge in [0.15, 0.2) is 0 Å². The molecule has 0 bridgehead atoms. The van der Waals surface area contributed by atoms with Crippen molar-refractivity contribution < 1.29 is 0 Å². The summed E-state index contributed by atoms with van der Waals surface area (Å²) in [7, 11) is 0. The van der Waals surface area contributed by atoms with Crippen LogP contribution >= 0.6 is 11.5 Å². The Bertz CT molecular complexity index is 301. The third-order valence-corrected chi connectivity index (χ3v) is 4.48. The van der Waals surface area contributed by atoms with Crippen molar-refractivity contribution in [3.63, 3.8) is 0 Å². The molecular formula is C11H20N4S. The summed E-state index contributed by atoms with van der Waals surface area (Å²) in [6.45, 7) is 2.28. The summed E-state index contributed by atoms with van der Waals surface area (Å²) >= 11 is 1.45. The molecule has 3 N–H and O–H groups in total. The Hall–Kier alpha value is -0.520. The zero-order valence-electron chi connectivity index (χ0n) is 9.72. The van der Waals surface area contributed by atoms with Crippen molar-refractivity contribution >= 4 is 11.5 Å². The van der Waals surface area contributed by atoms with Gasteiger partial charge in [-0.25, -0.2) is 0 Å². The second-order valence-electron chi connectivity index (χ2n) is 4.67. The molecule has 3 unspecified atom stereocenters. The lowest BCUT2D eigenvalue weighted by Crippen LogP contribution is -2.35. The highest BCUT2D eigenvalue weighted by Gasteiger charge is 2.29. The van der Waals surface area contributed by atoms with Gasteiger partial charge in [-0.15, -0.1) is 5.10 Å². The Morgan fingerprint density at radius 3 is 3.12 bits per heavy atom. The maximum Gasteiger partial charge on any atom is 0.0669 e. The summed E-state index contributed by atoms with van der Waals surface area (Å²) in [5.74, 6) is 7.20. The molecule has 1 aliphatic rings. The summed E-state index contributed by atoms with van der Waals surface area (Å²) in [6, 6.07) is 0.245. The molecule has 90 valence electrons. The molecule has 0 aromatic carbocycles. The fourth-order valence-electron chi connectivity index (χ4n) is 2.77. The third-order valence-electron chi connectivity index (χ3n) is 3.74. The van der Waals surface area contributed by atoms with Crippen LogP contribution in [-0.4, -0.2) is 9.59 Å². The van der Waals surface area contributed by atoms with Gasteiger partial charge < -0.3 is 0 Å². The van der Waals surface area contributed by atoms with E-state index >= 15 is 0 Å². The average molecular weight is 240 g/mol. The molecule has 5 heteroatoms. The molecule has 1 heterocycles. The molecule has 1 aromatic heterocycles. The Balaban J connectivity index is 2.03. The van der Waals surface area contributed by atoms with Gasteiger partial charge in [0, 0.05) is 0 Å². The van der Waals surface area contributed by atoms with E-state index in [9.17, 15) is 0 Å². The molecular weight excluding hydrogens is 220 g/mol. The number of nitrogens with zero attached hydrogens (tertiary/aromatic N) is 2. The van der Waals surface area contributed by atoms with E-state index in [-0.39, 0.29) is 6.04 Å². The molecule has 0 saturated heterocycles. The van der Waals surface area contributed by atoms with E-state index in [1.807, 2.05) is 6.20 Å². The van der Waals surface area contributed by atoms with Crippen LogP contribution in [0.4, 0.5) is 0 Å². The lowest BCUT2D eigenvalue weighted by atomic mass is 9.76. The molecule has 4 nitrogen and oxygen atoms in total. The van der Waals surface area contributed by atoms with Gasteiger partial charge in [0.25, 0.3) is 0 Å². The smallest absolute Gasteiger partial charge is 0.0669 e. The number of rotatable bonds is 4. The number of nitrogens with one attached hydrogen (secondary N) is 1. The Morgan fingerprint density at radius 1 is 1.62 bits per heavy atom. The zero-order chi connectivity index (χ0) is 11.4. The molecule has 1 aliphatic carbocycles. The minimum Gasteiger partial charge on any atom is -0.271 e. The molecule has 1 saturated carbocycles. The summed E-state index contributed by atoms with van der Waals surface area (Å²) in [5, 5.41) is 3.90. The molecule has 1 aromatic rings. The number of hydrazine groups is 1. The maximum atomic E-state index is 5.68. The van der Waals surface area contributed by atoms with Crippen LogP contribution in [0.25, 0.3) is 0 Å². The van der Waals surface area contributed by atoms with Gasteiger partial charge in [0.2, 0.25) is 0 Å². The van der Waals surface area contributed by atoms with Gasteiger partial charge in [-0.1, -0.05) is 30.7 Å². The quantitative estimate of drug-likeness (QED) is 0.626. The van der Waals surface area contributed by atoms with Crippen LogP contribution < -0.4 is 11.3 Å². The van der Waals surface area contributed by atoms with Crippen LogP contribution in [0.2, 0.25) is 0 Å². The van der Waals surface area contributed by atoms with Gasteiger partial charge in [0.05, 0.1) is 17.1 Å². The van der Waals surface area contributed by atoms with Crippen molar-refractivity contribution in [3.05, 3.63) is 11.1 Å². The van der Waals surface area contributed by atoms with Crippen LogP contribution in [-0.2, 0) is 0 Å². The predicted molar refractivity (Wildman–Crippen MR) is 65.7 cm³/mol. The van der Waals surface area contributed by atoms with Gasteiger partial charge in [-0.05, 0) is 36.2 Å². The first-order valence-corrected chi connectivity index (χ1v) is 6.85. The number of nitrogens with two attached hydrogens (primary N) is 1. The van der Waals surface area contributed by atoms with Crippen molar-refractivity contribution in [1.29, 1.82) is 0 Å². The fraction of sp³-hybridized carbons (Fsp3) is 0.818. The lowest BCUT2D eigenvalue weighted by Gasteiger charge is -2.33. The Morgan fingerprint density at radius 2 is 2.50 bits per heavy atom. The maximum absolute atomic E-state index is 5.68. The van der Waals surface area contributed by atoms with E-state index in [0.717, 1.165) is 5.92 Å². The van der Waals surface area contributed by atoms with Crippen molar-refractivity contribution in [1.82, 2.24) is 15.0 Å². The zero-order valence-corrected chi connectivity index (χ0v) is 10.5. The van der Waals surface area contributed by atoms with Crippen molar-refractivity contribution in [2.24, 2.45) is 17.7 Å². The van der Waals surface area contributed by atoms with E-state index < -0.39 is 0 Å². The third kappa shape index (κ3) is 2.59. The Labute approximate surface area is 101 Å². The van der Waals surface area contributed by atoms with E-state index in [1.54, 1.807) is 0 Å². The average Bonchev–Trinajstić information content (AvgIpc) is 2.84. The first-order chi connectivity index (χ1) is 7.85. The SMILES string of the molecule is CCC1CCCC(C(NN)c2cnns2)C1. The van der Waals surface area contributed by atoms with Crippen molar-refractivity contribution in [2.45, 2.75) is 45.1 Å². The van der Waals surface area contributed by atoms with Gasteiger partial charge in [-0.2, -0.15) is 0 Å². The second-order valence-corrected chi connectivity index (χ2v) is 5.48. The summed E-state index contributed by atoms with van der Waals surface area (Å²) in [6.07, 6.45) is 8.38. The van der Waals surface area contributed by atoms with Gasteiger partial charge >= 0.3 is 0 Å². The van der Waals surface area contributed by atoms with Crippen LogP contribution in [0.5, 0.6) is 0 Å². The predicted octanol–water partition coefficient (Wildman–Crippen LogP) is 2.26. The van der Waals surface area contributed by atoms with Crippen molar-refractivity contribution in [2.75, 3.05) is 0 Å². The molecule has 0 amide bonds. The topological polar surface area (TPSA) is 63.8 Å². The first-order valence-electron chi connectivity index (χ1n) is 6.08. The van der Waals surface area contributed by atoms with Gasteiger partial charge in [0.1, 0.15) is 0 Å². The van der Waals surface area contributed by atoms with Crippen LogP contribution in [0.15, 0.2) is 6.20 Å². The largest absolute Gasteiger partial charge is 0.271 e. The molecule has 0 aliphatic heterocycles. The molecule has 1 fully saturated rings. The van der Waals surface area contributed by atoms with Crippen LogP contribution in [0.1, 0.15) is 49.9 Å². The Kier molecular flexibility index (Phi) is 4.26. The molecule has 3 atom stereocenters. The lowest BCUT2D eigenvalue weighted by molar-refractivity contribution is 0.211. The van der Waals surface area contributed by atoms with E-state index in [0.29, 0.717) is 5.92 Å². The summed E-state index contributed by atoms with van der Waals surface area (Å²) < 4.78 is 3.92. The fourth-order valence-corrected chi connectivity index (χ4v) is 3.43. The molecule has 2 rings (SSSR count). The summed E-state index contributed by atoms with van der Waals surface area (Å²) in [5.41, 5.74) is 2.95. The van der Waals surface area contributed by atoms with E-state index in [1.165, 1.54) is 48.5 Å². The number of hydrogen-bond donors (Lipinski definition) is 2. The van der Waals surface area contributed by atoms with Crippen LogP contribution in [0.3, 0.4) is 0 Å². The van der Waals surface area contributed by atoms with Crippen LogP contribution in [0, 0.1) is 11.8 Å². The molecule has 16 heavy (non-hydrogen) atoms. The second kappa shape index (κ2) is 5.70. The standard InChI is InChI=1S/C11H20N4S/c1-2-8-4-3-5-9(6-8)11(14-12)10-7-13-15-16-10/h7-9,11,14H,2-6,12H2,1H3. The number of hydrogen-bond acceptors (Lipinski definition) is 5.